The average molecular weight is 363 g/mol. The molecule has 0 spiro atoms. The zero-order valence-corrected chi connectivity index (χ0v) is 15.1. The van der Waals surface area contributed by atoms with Gasteiger partial charge in [-0.2, -0.15) is 15.3 Å². The van der Waals surface area contributed by atoms with E-state index in [9.17, 15) is 5.11 Å². The largest absolute Gasteiger partial charge is 0.396 e. The van der Waals surface area contributed by atoms with Crippen LogP contribution in [0.5, 0.6) is 0 Å². The van der Waals surface area contributed by atoms with Crippen LogP contribution in [0, 0.1) is 5.92 Å². The van der Waals surface area contributed by atoms with Crippen LogP contribution in [0.4, 0.5) is 0 Å². The molecule has 1 aliphatic carbocycles. The van der Waals surface area contributed by atoms with Crippen LogP contribution in [0.3, 0.4) is 0 Å². The number of nitrogens with zero attached hydrogens (tertiary/aromatic N) is 7. The molecule has 2 atom stereocenters. The van der Waals surface area contributed by atoms with Crippen molar-refractivity contribution in [2.45, 2.75) is 25.3 Å². The van der Waals surface area contributed by atoms with Gasteiger partial charge in [-0.3, -0.25) is 9.36 Å². The molecule has 27 heavy (non-hydrogen) atoms. The van der Waals surface area contributed by atoms with Gasteiger partial charge in [0.2, 0.25) is 0 Å². The topological polar surface area (TPSA) is 86.1 Å². The number of hydrogen-bond acceptors (Lipinski definition) is 5. The van der Waals surface area contributed by atoms with Crippen LogP contribution < -0.4 is 0 Å². The van der Waals surface area contributed by atoms with Crippen LogP contribution >= 0.6 is 0 Å². The Balaban J connectivity index is 1.59. The lowest BCUT2D eigenvalue weighted by molar-refractivity contribution is 0.190. The summed E-state index contributed by atoms with van der Waals surface area (Å²) < 4.78 is 5.60. The Hall–Kier alpha value is -3.00. The summed E-state index contributed by atoms with van der Waals surface area (Å²) in [7, 11) is 1.89. The molecule has 8 nitrogen and oxygen atoms in total. The molecule has 1 aliphatic rings. The van der Waals surface area contributed by atoms with Crippen molar-refractivity contribution in [1.82, 2.24) is 34.2 Å². The SMILES string of the molecule is Cn1cc(-c2cn3nccc3c(-c3cnn(C4CCCC4CO)c3)n2)cn1. The molecule has 1 saturated carbocycles. The first-order chi connectivity index (χ1) is 13.2. The molecule has 1 fully saturated rings. The molecule has 5 rings (SSSR count). The minimum atomic E-state index is 0.210. The maximum absolute atomic E-state index is 9.63. The van der Waals surface area contributed by atoms with Gasteiger partial charge in [0, 0.05) is 43.1 Å². The number of aliphatic hydroxyl groups excluding tert-OH is 1. The molecule has 0 amide bonds. The van der Waals surface area contributed by atoms with Crippen LogP contribution in [0.2, 0.25) is 0 Å². The summed E-state index contributed by atoms with van der Waals surface area (Å²) in [4.78, 5) is 4.89. The molecular formula is C19H21N7O. The van der Waals surface area contributed by atoms with Gasteiger partial charge in [0.15, 0.2) is 0 Å². The van der Waals surface area contributed by atoms with Gasteiger partial charge in [0.25, 0.3) is 0 Å². The van der Waals surface area contributed by atoms with Crippen LogP contribution in [0.15, 0.2) is 43.2 Å². The van der Waals surface area contributed by atoms with Gasteiger partial charge in [-0.15, -0.1) is 0 Å². The van der Waals surface area contributed by atoms with Crippen molar-refractivity contribution in [2.75, 3.05) is 6.61 Å². The molecule has 0 saturated heterocycles. The quantitative estimate of drug-likeness (QED) is 0.601. The summed E-state index contributed by atoms with van der Waals surface area (Å²) in [5, 5.41) is 22.9. The average Bonchev–Trinajstić information content (AvgIpc) is 3.45. The third-order valence-corrected chi connectivity index (χ3v) is 5.46. The van der Waals surface area contributed by atoms with E-state index in [4.69, 9.17) is 4.98 Å². The summed E-state index contributed by atoms with van der Waals surface area (Å²) in [6.45, 7) is 0.210. The van der Waals surface area contributed by atoms with Crippen LogP contribution in [-0.2, 0) is 7.05 Å². The number of aliphatic hydroxyl groups is 1. The second-order valence-electron chi connectivity index (χ2n) is 7.19. The van der Waals surface area contributed by atoms with Gasteiger partial charge >= 0.3 is 0 Å². The van der Waals surface area contributed by atoms with E-state index in [1.807, 2.05) is 47.1 Å². The van der Waals surface area contributed by atoms with Gasteiger partial charge in [-0.05, 0) is 18.9 Å². The number of aromatic nitrogens is 7. The fourth-order valence-electron chi connectivity index (χ4n) is 4.05. The third-order valence-electron chi connectivity index (χ3n) is 5.46. The Morgan fingerprint density at radius 3 is 2.78 bits per heavy atom. The molecule has 0 aliphatic heterocycles. The first-order valence-corrected chi connectivity index (χ1v) is 9.22. The monoisotopic (exact) mass is 363 g/mol. The summed E-state index contributed by atoms with van der Waals surface area (Å²) in [5.41, 5.74) is 4.50. The summed E-state index contributed by atoms with van der Waals surface area (Å²) in [6.07, 6.45) is 14.6. The lowest BCUT2D eigenvalue weighted by Crippen LogP contribution is -2.17. The number of fused-ring (bicyclic) bond motifs is 1. The highest BCUT2D eigenvalue weighted by Gasteiger charge is 2.29. The van der Waals surface area contributed by atoms with Crippen molar-refractivity contribution in [1.29, 1.82) is 0 Å². The highest BCUT2D eigenvalue weighted by atomic mass is 16.3. The molecule has 138 valence electrons. The Kier molecular flexibility index (Phi) is 3.78. The fraction of sp³-hybridized carbons (Fsp3) is 0.368. The zero-order chi connectivity index (χ0) is 18.4. The Morgan fingerprint density at radius 1 is 1.07 bits per heavy atom. The van der Waals surface area contributed by atoms with Crippen molar-refractivity contribution in [3.63, 3.8) is 0 Å². The molecular weight excluding hydrogens is 342 g/mol. The Bertz CT molecular complexity index is 1090. The van der Waals surface area contributed by atoms with Crippen LogP contribution in [0.1, 0.15) is 25.3 Å². The molecule has 0 radical (unpaired) electrons. The van der Waals surface area contributed by atoms with Gasteiger partial charge in [-0.25, -0.2) is 9.50 Å². The van der Waals surface area contributed by atoms with E-state index in [0.29, 0.717) is 0 Å². The summed E-state index contributed by atoms with van der Waals surface area (Å²) in [6, 6.07) is 2.21. The fourth-order valence-corrected chi connectivity index (χ4v) is 4.05. The highest BCUT2D eigenvalue weighted by Crippen LogP contribution is 2.36. The van der Waals surface area contributed by atoms with Crippen molar-refractivity contribution in [3.05, 3.63) is 43.2 Å². The van der Waals surface area contributed by atoms with E-state index in [0.717, 1.165) is 47.3 Å². The Labute approximate surface area is 156 Å². The maximum Gasteiger partial charge on any atom is 0.0999 e. The third kappa shape index (κ3) is 2.73. The molecule has 4 aromatic heterocycles. The number of rotatable bonds is 4. The van der Waals surface area contributed by atoms with Crippen molar-refractivity contribution < 1.29 is 5.11 Å². The van der Waals surface area contributed by atoms with E-state index in [1.165, 1.54) is 0 Å². The van der Waals surface area contributed by atoms with Crippen LogP contribution in [-0.4, -0.2) is 45.9 Å². The van der Waals surface area contributed by atoms with E-state index in [-0.39, 0.29) is 18.6 Å². The van der Waals surface area contributed by atoms with Gasteiger partial charge in [0.1, 0.15) is 0 Å². The van der Waals surface area contributed by atoms with Gasteiger partial charge in [-0.1, -0.05) is 6.42 Å². The van der Waals surface area contributed by atoms with Gasteiger partial charge in [0.05, 0.1) is 47.7 Å². The van der Waals surface area contributed by atoms with E-state index in [2.05, 4.69) is 15.3 Å². The second-order valence-corrected chi connectivity index (χ2v) is 7.19. The smallest absolute Gasteiger partial charge is 0.0999 e. The summed E-state index contributed by atoms with van der Waals surface area (Å²) in [5.74, 6) is 0.280. The predicted octanol–water partition coefficient (Wildman–Crippen LogP) is 2.33. The Morgan fingerprint density at radius 2 is 1.96 bits per heavy atom. The standard InChI is InChI=1S/C19H21N7O/c1-24-9-14(7-21-24)16-11-26-18(5-6-20-26)19(23-16)15-8-22-25(10-15)17-4-2-3-13(17)12-27/h5-11,13,17,27H,2-4,12H2,1H3. The lowest BCUT2D eigenvalue weighted by Gasteiger charge is -2.17. The van der Waals surface area contributed by atoms with E-state index >= 15 is 0 Å². The van der Waals surface area contributed by atoms with Crippen molar-refractivity contribution in [2.24, 2.45) is 13.0 Å². The first-order valence-electron chi connectivity index (χ1n) is 9.22. The van der Waals surface area contributed by atoms with E-state index in [1.54, 1.807) is 17.1 Å². The first kappa shape index (κ1) is 16.2. The molecule has 0 aromatic carbocycles. The predicted molar refractivity (Wildman–Crippen MR) is 99.9 cm³/mol. The van der Waals surface area contributed by atoms with Crippen molar-refractivity contribution >= 4 is 5.52 Å². The van der Waals surface area contributed by atoms with E-state index < -0.39 is 0 Å². The van der Waals surface area contributed by atoms with Crippen LogP contribution in [0.25, 0.3) is 28.0 Å². The minimum absolute atomic E-state index is 0.210. The molecule has 4 aromatic rings. The lowest BCUT2D eigenvalue weighted by atomic mass is 10.1. The highest BCUT2D eigenvalue weighted by molar-refractivity contribution is 5.78. The number of hydrogen-bond donors (Lipinski definition) is 1. The minimum Gasteiger partial charge on any atom is -0.396 e. The second kappa shape index (κ2) is 6.31. The molecule has 1 N–H and O–H groups in total. The normalized spacial score (nSPS) is 19.9. The zero-order valence-electron chi connectivity index (χ0n) is 15.1. The van der Waals surface area contributed by atoms with Crippen molar-refractivity contribution in [3.8, 4) is 22.5 Å². The molecule has 2 unspecified atom stereocenters. The maximum atomic E-state index is 9.63. The summed E-state index contributed by atoms with van der Waals surface area (Å²) >= 11 is 0. The molecule has 4 heterocycles. The number of aryl methyl sites for hydroxylation is 1. The molecule has 0 bridgehead atoms. The molecule has 8 heteroatoms. The van der Waals surface area contributed by atoms with Gasteiger partial charge < -0.3 is 5.11 Å².